The van der Waals surface area contributed by atoms with Crippen molar-refractivity contribution in [3.05, 3.63) is 35.9 Å². The van der Waals surface area contributed by atoms with Crippen LogP contribution in [0.3, 0.4) is 0 Å². The number of carbonyl (C=O) groups is 1. The number of hydrogen-bond acceptors (Lipinski definition) is 2. The Labute approximate surface area is 113 Å². The Morgan fingerprint density at radius 2 is 2.11 bits per heavy atom. The molecule has 0 amide bonds. The molecular weight excluding hydrogens is 238 g/mol. The average Bonchev–Trinajstić information content (AvgIpc) is 3.20. The predicted molar refractivity (Wildman–Crippen MR) is 76.9 cm³/mol. The maximum Gasteiger partial charge on any atom is 0.328 e. The van der Waals surface area contributed by atoms with Crippen LogP contribution in [0.25, 0.3) is 6.08 Å². The highest BCUT2D eigenvalue weighted by molar-refractivity contribution is 5.85. The van der Waals surface area contributed by atoms with Gasteiger partial charge in [-0.25, -0.2) is 4.79 Å². The van der Waals surface area contributed by atoms with E-state index in [1.54, 1.807) is 6.08 Å². The number of aliphatic carboxylic acids is 1. The third kappa shape index (κ3) is 4.18. The Kier molecular flexibility index (Phi) is 4.25. The first kappa shape index (κ1) is 13.2. The molecule has 0 radical (unpaired) electrons. The summed E-state index contributed by atoms with van der Waals surface area (Å²) in [7, 11) is 0. The van der Waals surface area contributed by atoms with Gasteiger partial charge in [0.1, 0.15) is 0 Å². The zero-order chi connectivity index (χ0) is 13.7. The first-order chi connectivity index (χ1) is 9.19. The van der Waals surface area contributed by atoms with E-state index in [-0.39, 0.29) is 0 Å². The Balaban J connectivity index is 2.06. The molecule has 2 rings (SSSR count). The van der Waals surface area contributed by atoms with E-state index in [9.17, 15) is 4.79 Å². The van der Waals surface area contributed by atoms with Gasteiger partial charge >= 0.3 is 5.97 Å². The molecule has 0 bridgehead atoms. The third-order valence-electron chi connectivity index (χ3n) is 3.13. The number of anilines is 1. The fraction of sp³-hybridized carbons (Fsp3) is 0.312. The van der Waals surface area contributed by atoms with E-state index < -0.39 is 5.97 Å². The van der Waals surface area contributed by atoms with Crippen molar-refractivity contribution < 1.29 is 9.90 Å². The number of carboxylic acids is 1. The van der Waals surface area contributed by atoms with Crippen molar-refractivity contribution in [2.24, 2.45) is 5.92 Å². The summed E-state index contributed by atoms with van der Waals surface area (Å²) < 4.78 is 0. The van der Waals surface area contributed by atoms with E-state index in [0.717, 1.165) is 29.8 Å². The molecule has 0 aliphatic heterocycles. The van der Waals surface area contributed by atoms with Crippen molar-refractivity contribution in [2.75, 3.05) is 18.0 Å². The lowest BCUT2D eigenvalue weighted by atomic mass is 10.1. The molecule has 1 aromatic rings. The molecule has 3 nitrogen and oxygen atoms in total. The normalized spacial score (nSPS) is 14.3. The van der Waals surface area contributed by atoms with Gasteiger partial charge in [-0.1, -0.05) is 18.1 Å². The molecule has 1 aliphatic carbocycles. The SMILES string of the molecule is C#CCN(CC1CC1)c1ccc(/C=C/C(=O)O)cc1. The highest BCUT2D eigenvalue weighted by Gasteiger charge is 2.24. The molecule has 0 saturated heterocycles. The molecule has 0 heterocycles. The molecule has 1 aliphatic rings. The van der Waals surface area contributed by atoms with E-state index in [1.807, 2.05) is 24.3 Å². The zero-order valence-electron chi connectivity index (χ0n) is 10.7. The molecule has 0 unspecified atom stereocenters. The van der Waals surface area contributed by atoms with Crippen molar-refractivity contribution in [2.45, 2.75) is 12.8 Å². The second-order valence-corrected chi connectivity index (χ2v) is 4.79. The quantitative estimate of drug-likeness (QED) is 0.627. The van der Waals surface area contributed by atoms with E-state index >= 15 is 0 Å². The molecule has 19 heavy (non-hydrogen) atoms. The highest BCUT2D eigenvalue weighted by Crippen LogP contribution is 2.31. The third-order valence-corrected chi connectivity index (χ3v) is 3.13. The largest absolute Gasteiger partial charge is 0.478 e. The number of rotatable bonds is 6. The lowest BCUT2D eigenvalue weighted by molar-refractivity contribution is -0.131. The van der Waals surface area contributed by atoms with Crippen LogP contribution in [0.5, 0.6) is 0 Å². The fourth-order valence-electron chi connectivity index (χ4n) is 1.95. The average molecular weight is 255 g/mol. The Bertz CT molecular complexity index is 507. The smallest absolute Gasteiger partial charge is 0.328 e. The summed E-state index contributed by atoms with van der Waals surface area (Å²) in [6.45, 7) is 1.62. The summed E-state index contributed by atoms with van der Waals surface area (Å²) in [6, 6.07) is 7.79. The predicted octanol–water partition coefficient (Wildman–Crippen LogP) is 2.63. The van der Waals surface area contributed by atoms with Crippen molar-refractivity contribution >= 4 is 17.7 Å². The standard InChI is InChI=1S/C16H17NO2/c1-2-11-17(12-14-3-4-14)15-8-5-13(6-9-15)7-10-16(18)19/h1,5-10,14H,3-4,11-12H2,(H,18,19)/b10-7+. The van der Waals surface area contributed by atoms with E-state index in [0.29, 0.717) is 6.54 Å². The van der Waals surface area contributed by atoms with Gasteiger partial charge in [0.15, 0.2) is 0 Å². The van der Waals surface area contributed by atoms with Gasteiger partial charge < -0.3 is 10.0 Å². The van der Waals surface area contributed by atoms with Crippen LogP contribution in [0.1, 0.15) is 18.4 Å². The summed E-state index contributed by atoms with van der Waals surface area (Å²) in [5, 5.41) is 8.58. The summed E-state index contributed by atoms with van der Waals surface area (Å²) in [5.74, 6) is 2.53. The lowest BCUT2D eigenvalue weighted by Gasteiger charge is -2.22. The molecule has 1 fully saturated rings. The van der Waals surface area contributed by atoms with Crippen LogP contribution >= 0.6 is 0 Å². The highest BCUT2D eigenvalue weighted by atomic mass is 16.4. The number of terminal acetylenes is 1. The molecule has 1 aromatic carbocycles. The first-order valence-electron chi connectivity index (χ1n) is 6.38. The van der Waals surface area contributed by atoms with Gasteiger partial charge in [-0.3, -0.25) is 0 Å². The van der Waals surface area contributed by atoms with Crippen LogP contribution in [0.15, 0.2) is 30.3 Å². The number of nitrogens with zero attached hydrogens (tertiary/aromatic N) is 1. The minimum atomic E-state index is -0.938. The molecule has 1 N–H and O–H groups in total. The lowest BCUT2D eigenvalue weighted by Crippen LogP contribution is -2.25. The molecule has 0 spiro atoms. The van der Waals surface area contributed by atoms with Gasteiger partial charge in [0.25, 0.3) is 0 Å². The molecule has 0 atom stereocenters. The van der Waals surface area contributed by atoms with Crippen molar-refractivity contribution in [1.29, 1.82) is 0 Å². The van der Waals surface area contributed by atoms with Gasteiger partial charge in [0.2, 0.25) is 0 Å². The van der Waals surface area contributed by atoms with Crippen LogP contribution in [0.2, 0.25) is 0 Å². The van der Waals surface area contributed by atoms with Gasteiger partial charge in [-0.05, 0) is 42.5 Å². The zero-order valence-corrected chi connectivity index (χ0v) is 10.7. The van der Waals surface area contributed by atoms with Gasteiger partial charge in [0.05, 0.1) is 6.54 Å². The first-order valence-corrected chi connectivity index (χ1v) is 6.38. The minimum Gasteiger partial charge on any atom is -0.478 e. The van der Waals surface area contributed by atoms with Crippen molar-refractivity contribution in [3.8, 4) is 12.3 Å². The van der Waals surface area contributed by atoms with E-state index in [2.05, 4.69) is 10.8 Å². The number of carboxylic acid groups (broad SMARTS) is 1. The van der Waals surface area contributed by atoms with E-state index in [4.69, 9.17) is 11.5 Å². The van der Waals surface area contributed by atoms with E-state index in [1.165, 1.54) is 12.8 Å². The Morgan fingerprint density at radius 1 is 1.42 bits per heavy atom. The number of benzene rings is 1. The van der Waals surface area contributed by atoms with Crippen LogP contribution in [-0.2, 0) is 4.79 Å². The Hall–Kier alpha value is -2.21. The summed E-state index contributed by atoms with van der Waals surface area (Å²) in [4.78, 5) is 12.6. The maximum atomic E-state index is 10.4. The second-order valence-electron chi connectivity index (χ2n) is 4.79. The van der Waals surface area contributed by atoms with Gasteiger partial charge in [-0.15, -0.1) is 6.42 Å². The van der Waals surface area contributed by atoms with Crippen LogP contribution in [-0.4, -0.2) is 24.2 Å². The molecular formula is C16H17NO2. The van der Waals surface area contributed by atoms with Gasteiger partial charge in [0, 0.05) is 18.3 Å². The Morgan fingerprint density at radius 3 is 2.63 bits per heavy atom. The molecule has 0 aromatic heterocycles. The topological polar surface area (TPSA) is 40.5 Å². The molecule has 1 saturated carbocycles. The van der Waals surface area contributed by atoms with Crippen molar-refractivity contribution in [1.82, 2.24) is 0 Å². The monoisotopic (exact) mass is 255 g/mol. The second kappa shape index (κ2) is 6.10. The molecule has 98 valence electrons. The number of hydrogen-bond donors (Lipinski definition) is 1. The summed E-state index contributed by atoms with van der Waals surface area (Å²) in [6.07, 6.45) is 10.7. The maximum absolute atomic E-state index is 10.4. The summed E-state index contributed by atoms with van der Waals surface area (Å²) >= 11 is 0. The van der Waals surface area contributed by atoms with Gasteiger partial charge in [-0.2, -0.15) is 0 Å². The van der Waals surface area contributed by atoms with Crippen LogP contribution < -0.4 is 4.90 Å². The minimum absolute atomic E-state index is 0.612. The van der Waals surface area contributed by atoms with Crippen molar-refractivity contribution in [3.63, 3.8) is 0 Å². The van der Waals surface area contributed by atoms with Crippen LogP contribution in [0, 0.1) is 18.3 Å². The molecule has 3 heteroatoms. The summed E-state index contributed by atoms with van der Waals surface area (Å²) in [5.41, 5.74) is 1.97. The fourth-order valence-corrected chi connectivity index (χ4v) is 1.95. The van der Waals surface area contributed by atoms with Crippen LogP contribution in [0.4, 0.5) is 5.69 Å².